The molecule has 0 spiro atoms. The van der Waals surface area contributed by atoms with E-state index in [1.165, 1.54) is 19.1 Å². The van der Waals surface area contributed by atoms with Crippen LogP contribution in [-0.4, -0.2) is 33.4 Å². The molecule has 3 atom stereocenters. The maximum absolute atomic E-state index is 14.1. The fraction of sp³-hybridized carbons (Fsp3) is 0.357. The average molecular weight is 513 g/mol. The maximum atomic E-state index is 14.1. The first-order valence-corrected chi connectivity index (χ1v) is 12.9. The molecule has 0 fully saturated rings. The van der Waals surface area contributed by atoms with Gasteiger partial charge in [-0.1, -0.05) is 57.2 Å². The Hall–Kier alpha value is -2.99. The molecule has 0 aliphatic rings. The highest BCUT2D eigenvalue weighted by atomic mass is 31.1. The zero-order valence-electron chi connectivity index (χ0n) is 21.4. The molecule has 0 aliphatic carbocycles. The summed E-state index contributed by atoms with van der Waals surface area (Å²) in [7, 11) is -1.68. The number of carbonyl (C=O) groups is 1. The molecule has 8 heteroatoms. The molecule has 0 radical (unpaired) electrons. The van der Waals surface area contributed by atoms with Crippen LogP contribution in [0.3, 0.4) is 0 Å². The molecule has 1 aromatic heterocycles. The monoisotopic (exact) mass is 512 g/mol. The smallest absolute Gasteiger partial charge is 0.477 e. The predicted octanol–water partition coefficient (Wildman–Crippen LogP) is 6.82. The lowest BCUT2D eigenvalue weighted by Crippen LogP contribution is -2.53. The van der Waals surface area contributed by atoms with Gasteiger partial charge < -0.3 is 10.2 Å². The van der Waals surface area contributed by atoms with Gasteiger partial charge in [0, 0.05) is 17.5 Å². The molecule has 3 unspecified atom stereocenters. The number of carboxylic acids is 1. The lowest BCUT2D eigenvalue weighted by atomic mass is 9.74. The van der Waals surface area contributed by atoms with Gasteiger partial charge in [0.25, 0.3) is 0 Å². The average Bonchev–Trinajstić information content (AvgIpc) is 2.83. The molecular weight excluding hydrogens is 480 g/mol. The minimum atomic E-state index is -2.84. The first-order chi connectivity index (χ1) is 16.9. The Morgan fingerprint density at radius 1 is 1.14 bits per heavy atom. The molecule has 0 saturated carbocycles. The van der Waals surface area contributed by atoms with Crippen molar-refractivity contribution in [2.45, 2.75) is 57.7 Å². The van der Waals surface area contributed by atoms with Crippen LogP contribution in [0.15, 0.2) is 54.6 Å². The second-order valence-corrected chi connectivity index (χ2v) is 11.0. The number of aromatic nitrogens is 1. The molecule has 3 rings (SSSR count). The van der Waals surface area contributed by atoms with Gasteiger partial charge in [-0.2, -0.15) is 0 Å². The summed E-state index contributed by atoms with van der Waals surface area (Å²) in [6.07, 6.45) is -0.168. The number of hydrogen-bond donors (Lipinski definition) is 2. The van der Waals surface area contributed by atoms with E-state index in [0.717, 1.165) is 12.7 Å². The number of pyridine rings is 1. The Morgan fingerprint density at radius 2 is 1.78 bits per heavy atom. The van der Waals surface area contributed by atoms with E-state index in [9.17, 15) is 24.0 Å². The minimum absolute atomic E-state index is 0.168. The van der Waals surface area contributed by atoms with Gasteiger partial charge in [0.05, 0.1) is 18.5 Å². The number of hydrogen-bond acceptors (Lipinski definition) is 5. The maximum Gasteiger partial charge on any atom is 0.529 e. The third-order valence-electron chi connectivity index (χ3n) is 6.78. The van der Waals surface area contributed by atoms with E-state index in [2.05, 4.69) is 0 Å². The van der Waals surface area contributed by atoms with E-state index in [1.54, 1.807) is 26.0 Å². The van der Waals surface area contributed by atoms with Crippen LogP contribution >= 0.6 is 8.03 Å². The van der Waals surface area contributed by atoms with Gasteiger partial charge >= 0.3 is 19.2 Å². The van der Waals surface area contributed by atoms with Crippen LogP contribution in [0.1, 0.15) is 56.9 Å². The number of aryl methyl sites for hydroxylation is 1. The van der Waals surface area contributed by atoms with Gasteiger partial charge in [-0.25, -0.2) is 9.18 Å². The van der Waals surface area contributed by atoms with Crippen molar-refractivity contribution in [3.63, 3.8) is 0 Å². The largest absolute Gasteiger partial charge is 0.529 e. The van der Waals surface area contributed by atoms with Crippen molar-refractivity contribution in [3.05, 3.63) is 77.2 Å². The number of nitrogens with zero attached hydrogens (tertiary/aromatic N) is 1. The highest BCUT2D eigenvalue weighted by Crippen LogP contribution is 2.56. The molecule has 1 heterocycles. The summed E-state index contributed by atoms with van der Waals surface area (Å²) in [5, 5.41) is 20.4. The number of benzene rings is 2. The van der Waals surface area contributed by atoms with Crippen molar-refractivity contribution in [2.24, 2.45) is 0 Å². The minimum Gasteiger partial charge on any atom is -0.477 e. The van der Waals surface area contributed by atoms with Gasteiger partial charge in [0.2, 0.25) is 0 Å². The number of aliphatic carboxylic acids is 1. The lowest BCUT2D eigenvalue weighted by molar-refractivity contribution is -0.149. The van der Waals surface area contributed by atoms with Crippen LogP contribution in [-0.2, 0) is 19.5 Å². The zero-order chi connectivity index (χ0) is 26.8. The van der Waals surface area contributed by atoms with E-state index in [-0.39, 0.29) is 17.9 Å². The van der Waals surface area contributed by atoms with Crippen LogP contribution in [0.4, 0.5) is 4.39 Å². The quantitative estimate of drug-likeness (QED) is 0.306. The molecule has 36 heavy (non-hydrogen) atoms. The first kappa shape index (κ1) is 27.6. The number of carboxylic acid groups (broad SMARTS) is 1. The van der Waals surface area contributed by atoms with Gasteiger partial charge in [0.1, 0.15) is 5.82 Å². The van der Waals surface area contributed by atoms with E-state index in [0.29, 0.717) is 28.1 Å². The Kier molecular flexibility index (Phi) is 8.09. The van der Waals surface area contributed by atoms with E-state index >= 15 is 0 Å². The molecule has 0 bridgehead atoms. The summed E-state index contributed by atoms with van der Waals surface area (Å²) in [4.78, 5) is 17.6. The fourth-order valence-corrected chi connectivity index (χ4v) is 6.04. The van der Waals surface area contributed by atoms with E-state index in [4.69, 9.17) is 9.51 Å². The number of aliphatic hydroxyl groups is 1. The molecule has 0 saturated heterocycles. The second-order valence-electron chi connectivity index (χ2n) is 9.33. The fourth-order valence-electron chi connectivity index (χ4n) is 4.84. The molecule has 3 aromatic rings. The molecule has 0 amide bonds. The van der Waals surface area contributed by atoms with Crippen molar-refractivity contribution >= 4 is 14.0 Å². The normalized spacial score (nSPS) is 15.3. The molecule has 6 nitrogen and oxygen atoms in total. The topological polar surface area (TPSA) is 96.7 Å². The van der Waals surface area contributed by atoms with E-state index in [1.807, 2.05) is 44.2 Å². The van der Waals surface area contributed by atoms with Crippen molar-refractivity contribution in [2.75, 3.05) is 7.11 Å². The molecule has 2 N–H and O–H groups in total. The van der Waals surface area contributed by atoms with Crippen molar-refractivity contribution < 1.29 is 28.5 Å². The van der Waals surface area contributed by atoms with Crippen molar-refractivity contribution in [3.8, 4) is 22.4 Å². The van der Waals surface area contributed by atoms with Crippen molar-refractivity contribution in [1.29, 1.82) is 0 Å². The summed E-state index contributed by atoms with van der Waals surface area (Å²) in [5.74, 6) is -2.10. The zero-order valence-corrected chi connectivity index (χ0v) is 22.3. The Bertz CT molecular complexity index is 1290. The van der Waals surface area contributed by atoms with Gasteiger partial charge in [-0.05, 0) is 59.2 Å². The highest BCUT2D eigenvalue weighted by Gasteiger charge is 2.70. The SMILES string of the molecule is CCC(C(=O)O)([P+](=O)OC)C(C)(O)c1c(-c2ccc(F)cc2C)cc(-c2ccccc2)nc1C(C)C. The number of halogens is 1. The summed E-state index contributed by atoms with van der Waals surface area (Å²) in [6, 6.07) is 15.5. The van der Waals surface area contributed by atoms with Crippen molar-refractivity contribution in [1.82, 2.24) is 4.98 Å². The molecular formula is C28H32FNO5P+. The van der Waals surface area contributed by atoms with Crippen LogP contribution in [0.2, 0.25) is 0 Å². The number of rotatable bonds is 9. The van der Waals surface area contributed by atoms with Crippen LogP contribution < -0.4 is 0 Å². The summed E-state index contributed by atoms with van der Waals surface area (Å²) in [6.45, 7) is 8.43. The van der Waals surface area contributed by atoms with Crippen LogP contribution in [0, 0.1) is 12.7 Å². The lowest BCUT2D eigenvalue weighted by Gasteiger charge is -2.36. The Labute approximate surface area is 212 Å². The van der Waals surface area contributed by atoms with E-state index < -0.39 is 30.6 Å². The van der Waals surface area contributed by atoms with Gasteiger partial charge in [-0.3, -0.25) is 4.98 Å². The summed E-state index contributed by atoms with van der Waals surface area (Å²) in [5.41, 5.74) is 1.66. The van der Waals surface area contributed by atoms with Crippen LogP contribution in [0.5, 0.6) is 0 Å². The highest BCUT2D eigenvalue weighted by molar-refractivity contribution is 7.42. The Morgan fingerprint density at radius 3 is 2.28 bits per heavy atom. The van der Waals surface area contributed by atoms with Gasteiger partial charge in [-0.15, -0.1) is 4.52 Å². The third kappa shape index (κ3) is 4.59. The van der Waals surface area contributed by atoms with Gasteiger partial charge in [0.15, 0.2) is 5.60 Å². The summed E-state index contributed by atoms with van der Waals surface area (Å²) >= 11 is 0. The third-order valence-corrected chi connectivity index (χ3v) is 8.68. The molecule has 190 valence electrons. The molecule has 2 aromatic carbocycles. The predicted molar refractivity (Wildman–Crippen MR) is 139 cm³/mol. The first-order valence-electron chi connectivity index (χ1n) is 11.8. The molecule has 0 aliphatic heterocycles. The Balaban J connectivity index is 2.54. The summed E-state index contributed by atoms with van der Waals surface area (Å²) < 4.78 is 32.3. The second kappa shape index (κ2) is 10.6. The van der Waals surface area contributed by atoms with Crippen LogP contribution in [0.25, 0.3) is 22.4 Å². The standard InChI is InChI=1S/C28H31FNO5P/c1-7-28(26(31)32,36(34)35-6)27(5,33)24-22(21-14-13-20(29)15-18(21)4)16-23(30-25(24)17(2)3)19-11-9-8-10-12-19/h8-17,33H,7H2,1-6H3/p+1.